The summed E-state index contributed by atoms with van der Waals surface area (Å²) >= 11 is 0. The predicted octanol–water partition coefficient (Wildman–Crippen LogP) is 0.758. The van der Waals surface area contributed by atoms with Gasteiger partial charge in [-0.2, -0.15) is 0 Å². The number of rotatable bonds is 3. The minimum absolute atomic E-state index is 0.311. The van der Waals surface area contributed by atoms with Gasteiger partial charge >= 0.3 is 0 Å². The number of nitrogens with one attached hydrogen (secondary N) is 1. The summed E-state index contributed by atoms with van der Waals surface area (Å²) in [5.74, 6) is 0.378. The second-order valence-electron chi connectivity index (χ2n) is 3.94. The summed E-state index contributed by atoms with van der Waals surface area (Å²) in [5, 5.41) is 0. The van der Waals surface area contributed by atoms with Gasteiger partial charge in [0.15, 0.2) is 0 Å². The van der Waals surface area contributed by atoms with E-state index in [2.05, 4.69) is 25.2 Å². The fourth-order valence-electron chi connectivity index (χ4n) is 1.99. The van der Waals surface area contributed by atoms with Gasteiger partial charge in [-0.1, -0.05) is 0 Å². The molecule has 1 saturated heterocycles. The number of hydroxylamine groups is 1. The molecule has 0 saturated carbocycles. The van der Waals surface area contributed by atoms with Crippen molar-refractivity contribution >= 4 is 11.7 Å². The van der Waals surface area contributed by atoms with Crippen LogP contribution in [0.25, 0.3) is 0 Å². The normalized spacial score (nSPS) is 15.7. The molecule has 6 nitrogen and oxygen atoms in total. The predicted molar refractivity (Wildman–Crippen MR) is 62.6 cm³/mol. The van der Waals surface area contributed by atoms with E-state index in [1.807, 2.05) is 0 Å². The van der Waals surface area contributed by atoms with Crippen molar-refractivity contribution < 1.29 is 9.63 Å². The van der Waals surface area contributed by atoms with Crippen LogP contribution in [-0.2, 0) is 4.84 Å². The standard InChI is InChI=1S/C11H16N4O2/c1-17-14-11(16)9-7-12-8-13-10(9)15-5-3-2-4-6-15/h7-8H,2-6H2,1H3,(H,14,16). The summed E-state index contributed by atoms with van der Waals surface area (Å²) in [6.07, 6.45) is 6.49. The highest BCUT2D eigenvalue weighted by Gasteiger charge is 2.19. The third-order valence-corrected chi connectivity index (χ3v) is 2.79. The van der Waals surface area contributed by atoms with Gasteiger partial charge in [-0.3, -0.25) is 9.63 Å². The molecule has 1 aliphatic heterocycles. The topological polar surface area (TPSA) is 67.3 Å². The van der Waals surface area contributed by atoms with Crippen LogP contribution in [-0.4, -0.2) is 36.1 Å². The number of amides is 1. The monoisotopic (exact) mass is 236 g/mol. The van der Waals surface area contributed by atoms with Crippen molar-refractivity contribution in [2.45, 2.75) is 19.3 Å². The Bertz CT molecular complexity index is 391. The van der Waals surface area contributed by atoms with Crippen LogP contribution in [0.3, 0.4) is 0 Å². The first-order valence-electron chi connectivity index (χ1n) is 5.71. The Labute approximate surface area is 100.0 Å². The lowest BCUT2D eigenvalue weighted by Crippen LogP contribution is -2.33. The number of hydrogen-bond acceptors (Lipinski definition) is 5. The maximum absolute atomic E-state index is 11.8. The van der Waals surface area contributed by atoms with E-state index in [0.29, 0.717) is 11.4 Å². The first-order chi connectivity index (χ1) is 8.33. The lowest BCUT2D eigenvalue weighted by molar-refractivity contribution is 0.0537. The number of anilines is 1. The molecular formula is C11H16N4O2. The molecule has 2 rings (SSSR count). The van der Waals surface area contributed by atoms with Crippen LogP contribution >= 0.6 is 0 Å². The Balaban J connectivity index is 2.23. The minimum atomic E-state index is -0.311. The van der Waals surface area contributed by atoms with Crippen molar-refractivity contribution in [3.8, 4) is 0 Å². The molecule has 0 aliphatic carbocycles. The maximum Gasteiger partial charge on any atom is 0.280 e. The number of hydrogen-bond donors (Lipinski definition) is 1. The van der Waals surface area contributed by atoms with Crippen LogP contribution in [0.1, 0.15) is 29.6 Å². The fourth-order valence-corrected chi connectivity index (χ4v) is 1.99. The lowest BCUT2D eigenvalue weighted by atomic mass is 10.1. The Hall–Kier alpha value is -1.69. The van der Waals surface area contributed by atoms with Gasteiger partial charge in [0.2, 0.25) is 0 Å². The SMILES string of the molecule is CONC(=O)c1cncnc1N1CCCCC1. The van der Waals surface area contributed by atoms with E-state index in [-0.39, 0.29) is 5.91 Å². The zero-order valence-electron chi connectivity index (χ0n) is 9.85. The van der Waals surface area contributed by atoms with E-state index < -0.39 is 0 Å². The fraction of sp³-hybridized carbons (Fsp3) is 0.545. The molecule has 92 valence electrons. The number of nitrogens with zero attached hydrogens (tertiary/aromatic N) is 3. The molecule has 0 spiro atoms. The average molecular weight is 236 g/mol. The number of piperidine rings is 1. The first kappa shape index (κ1) is 11.8. The number of aromatic nitrogens is 2. The summed E-state index contributed by atoms with van der Waals surface area (Å²) in [7, 11) is 1.41. The average Bonchev–Trinajstić information content (AvgIpc) is 2.40. The zero-order valence-corrected chi connectivity index (χ0v) is 9.85. The molecule has 0 atom stereocenters. The van der Waals surface area contributed by atoms with E-state index in [1.165, 1.54) is 26.1 Å². The largest absolute Gasteiger partial charge is 0.356 e. The highest BCUT2D eigenvalue weighted by molar-refractivity contribution is 5.97. The summed E-state index contributed by atoms with van der Waals surface area (Å²) in [5.41, 5.74) is 2.75. The molecule has 1 aromatic rings. The molecule has 1 aromatic heterocycles. The third kappa shape index (κ3) is 2.71. The molecular weight excluding hydrogens is 220 g/mol. The van der Waals surface area contributed by atoms with Gasteiger partial charge < -0.3 is 4.90 Å². The number of carbonyl (C=O) groups excluding carboxylic acids is 1. The van der Waals surface area contributed by atoms with Gasteiger partial charge in [-0.25, -0.2) is 15.4 Å². The van der Waals surface area contributed by atoms with E-state index in [4.69, 9.17) is 0 Å². The van der Waals surface area contributed by atoms with Gasteiger partial charge in [0, 0.05) is 19.3 Å². The van der Waals surface area contributed by atoms with Crippen molar-refractivity contribution in [3.05, 3.63) is 18.1 Å². The van der Waals surface area contributed by atoms with Crippen LogP contribution < -0.4 is 10.4 Å². The van der Waals surface area contributed by atoms with Crippen molar-refractivity contribution in [3.63, 3.8) is 0 Å². The molecule has 1 N–H and O–H groups in total. The quantitative estimate of drug-likeness (QED) is 0.785. The molecule has 17 heavy (non-hydrogen) atoms. The van der Waals surface area contributed by atoms with Gasteiger partial charge in [0.05, 0.1) is 7.11 Å². The van der Waals surface area contributed by atoms with Crippen LogP contribution in [0.4, 0.5) is 5.82 Å². The maximum atomic E-state index is 11.8. The van der Waals surface area contributed by atoms with Crippen molar-refractivity contribution in [1.82, 2.24) is 15.4 Å². The third-order valence-electron chi connectivity index (χ3n) is 2.79. The molecule has 1 aliphatic rings. The Morgan fingerprint density at radius 2 is 2.18 bits per heavy atom. The van der Waals surface area contributed by atoms with Crippen LogP contribution in [0, 0.1) is 0 Å². The Morgan fingerprint density at radius 1 is 1.41 bits per heavy atom. The van der Waals surface area contributed by atoms with Crippen LogP contribution in [0.5, 0.6) is 0 Å². The molecule has 1 amide bonds. The summed E-state index contributed by atoms with van der Waals surface area (Å²) in [6.45, 7) is 1.87. The van der Waals surface area contributed by atoms with Gasteiger partial charge in [-0.05, 0) is 19.3 Å². The van der Waals surface area contributed by atoms with Gasteiger partial charge in [-0.15, -0.1) is 0 Å². The Kier molecular flexibility index (Phi) is 3.87. The van der Waals surface area contributed by atoms with Gasteiger partial charge in [0.1, 0.15) is 17.7 Å². The van der Waals surface area contributed by atoms with Crippen LogP contribution in [0.15, 0.2) is 12.5 Å². The minimum Gasteiger partial charge on any atom is -0.356 e. The second-order valence-corrected chi connectivity index (χ2v) is 3.94. The molecule has 2 heterocycles. The molecule has 0 bridgehead atoms. The summed E-state index contributed by atoms with van der Waals surface area (Å²) < 4.78 is 0. The van der Waals surface area contributed by atoms with Gasteiger partial charge in [0.25, 0.3) is 5.91 Å². The van der Waals surface area contributed by atoms with Crippen molar-refractivity contribution in [2.24, 2.45) is 0 Å². The van der Waals surface area contributed by atoms with E-state index >= 15 is 0 Å². The smallest absolute Gasteiger partial charge is 0.280 e. The molecule has 6 heteroatoms. The summed E-state index contributed by atoms with van der Waals surface area (Å²) in [6, 6.07) is 0. The molecule has 1 fully saturated rings. The lowest BCUT2D eigenvalue weighted by Gasteiger charge is -2.28. The van der Waals surface area contributed by atoms with E-state index in [9.17, 15) is 4.79 Å². The summed E-state index contributed by atoms with van der Waals surface area (Å²) in [4.78, 5) is 26.6. The highest BCUT2D eigenvalue weighted by Crippen LogP contribution is 2.20. The molecule has 0 unspecified atom stereocenters. The van der Waals surface area contributed by atoms with Crippen LogP contribution in [0.2, 0.25) is 0 Å². The molecule has 0 aromatic carbocycles. The van der Waals surface area contributed by atoms with Crippen molar-refractivity contribution in [2.75, 3.05) is 25.1 Å². The Morgan fingerprint density at radius 3 is 2.88 bits per heavy atom. The second kappa shape index (κ2) is 5.58. The first-order valence-corrected chi connectivity index (χ1v) is 5.71. The highest BCUT2D eigenvalue weighted by atomic mass is 16.6. The molecule has 0 radical (unpaired) electrons. The zero-order chi connectivity index (χ0) is 12.1. The van der Waals surface area contributed by atoms with Crippen molar-refractivity contribution in [1.29, 1.82) is 0 Å². The number of carbonyl (C=O) groups is 1. The van der Waals surface area contributed by atoms with E-state index in [1.54, 1.807) is 0 Å². The van der Waals surface area contributed by atoms with E-state index in [0.717, 1.165) is 25.9 Å².